The molecule has 0 saturated carbocycles. The van der Waals surface area contributed by atoms with E-state index in [0.717, 1.165) is 44.5 Å². The maximum absolute atomic E-state index is 6.00. The van der Waals surface area contributed by atoms with Gasteiger partial charge in [0.1, 0.15) is 17.0 Å². The van der Waals surface area contributed by atoms with Crippen molar-refractivity contribution in [3.8, 4) is 16.8 Å². The normalized spacial score (nSPS) is 13.1. The standard InChI is InChI=1S/C26H16N2OS/c1-3-7-23-18(5-1)19-13-16(10-12-24(19)29-23)17-9-11-20-22(14-17)28-21-6-2-4-8-25(21)30-15-26(28)27-20/h1-14H,15H2. The van der Waals surface area contributed by atoms with Crippen LogP contribution in [0.1, 0.15) is 5.82 Å². The third-order valence-electron chi connectivity index (χ3n) is 5.90. The molecule has 3 heterocycles. The van der Waals surface area contributed by atoms with Crippen molar-refractivity contribution in [3.63, 3.8) is 0 Å². The zero-order valence-corrected chi connectivity index (χ0v) is 16.8. The van der Waals surface area contributed by atoms with Crippen molar-refractivity contribution >= 4 is 44.7 Å². The lowest BCUT2D eigenvalue weighted by Gasteiger charge is -2.18. The van der Waals surface area contributed by atoms with E-state index in [4.69, 9.17) is 9.40 Å². The van der Waals surface area contributed by atoms with Gasteiger partial charge in [-0.3, -0.25) is 4.57 Å². The molecule has 142 valence electrons. The van der Waals surface area contributed by atoms with Gasteiger partial charge < -0.3 is 4.42 Å². The van der Waals surface area contributed by atoms with Gasteiger partial charge in [-0.25, -0.2) is 4.98 Å². The van der Waals surface area contributed by atoms with E-state index < -0.39 is 0 Å². The number of thioether (sulfide) groups is 1. The third kappa shape index (κ3) is 2.25. The molecule has 0 saturated heterocycles. The average Bonchev–Trinajstić information content (AvgIpc) is 3.36. The number of rotatable bonds is 1. The van der Waals surface area contributed by atoms with Crippen LogP contribution < -0.4 is 0 Å². The summed E-state index contributed by atoms with van der Waals surface area (Å²) in [5.41, 5.74) is 7.65. The van der Waals surface area contributed by atoms with E-state index >= 15 is 0 Å². The summed E-state index contributed by atoms with van der Waals surface area (Å²) in [6, 6.07) is 29.8. The molecule has 3 nitrogen and oxygen atoms in total. The van der Waals surface area contributed by atoms with Gasteiger partial charge >= 0.3 is 0 Å². The highest BCUT2D eigenvalue weighted by molar-refractivity contribution is 7.98. The second kappa shape index (κ2) is 6.00. The van der Waals surface area contributed by atoms with Crippen LogP contribution in [0.4, 0.5) is 0 Å². The van der Waals surface area contributed by atoms with Gasteiger partial charge in [-0.15, -0.1) is 11.8 Å². The minimum atomic E-state index is 0.897. The number of fused-ring (bicyclic) bond motifs is 8. The van der Waals surface area contributed by atoms with Crippen LogP contribution in [-0.2, 0) is 5.75 Å². The molecule has 0 amide bonds. The number of benzene rings is 4. The average molecular weight is 404 g/mol. The molecule has 0 bridgehead atoms. The Morgan fingerprint density at radius 1 is 0.767 bits per heavy atom. The second-order valence-corrected chi connectivity index (χ2v) is 8.65. The largest absolute Gasteiger partial charge is 0.456 e. The summed E-state index contributed by atoms with van der Waals surface area (Å²) in [7, 11) is 0. The summed E-state index contributed by atoms with van der Waals surface area (Å²) in [4.78, 5) is 6.20. The highest BCUT2D eigenvalue weighted by Gasteiger charge is 2.20. The molecule has 0 aliphatic carbocycles. The van der Waals surface area contributed by atoms with Crippen LogP contribution in [0, 0.1) is 0 Å². The van der Waals surface area contributed by atoms with Crippen LogP contribution >= 0.6 is 11.8 Å². The van der Waals surface area contributed by atoms with Gasteiger partial charge in [-0.2, -0.15) is 0 Å². The lowest BCUT2D eigenvalue weighted by Crippen LogP contribution is -2.06. The number of aromatic nitrogens is 2. The predicted molar refractivity (Wildman–Crippen MR) is 123 cm³/mol. The molecule has 4 heteroatoms. The summed E-state index contributed by atoms with van der Waals surface area (Å²) in [5.74, 6) is 2.01. The van der Waals surface area contributed by atoms with Crippen LogP contribution in [0.2, 0.25) is 0 Å². The number of hydrogen-bond donors (Lipinski definition) is 0. The second-order valence-electron chi connectivity index (χ2n) is 7.63. The summed E-state index contributed by atoms with van der Waals surface area (Å²) >= 11 is 1.86. The molecule has 0 spiro atoms. The molecule has 0 unspecified atom stereocenters. The van der Waals surface area contributed by atoms with Gasteiger partial charge in [0.2, 0.25) is 0 Å². The SMILES string of the molecule is c1ccc2c(c1)SCc1nc3ccc(-c4ccc5oc6ccccc6c5c4)cc3n1-2. The minimum Gasteiger partial charge on any atom is -0.456 e. The molecule has 0 fully saturated rings. The van der Waals surface area contributed by atoms with Crippen LogP contribution in [0.25, 0.3) is 49.8 Å². The maximum Gasteiger partial charge on any atom is 0.135 e. The molecule has 1 aliphatic rings. The highest BCUT2D eigenvalue weighted by Crippen LogP contribution is 2.39. The number of nitrogens with zero attached hydrogens (tertiary/aromatic N) is 2. The third-order valence-corrected chi connectivity index (χ3v) is 6.96. The van der Waals surface area contributed by atoms with Crippen LogP contribution in [-0.4, -0.2) is 9.55 Å². The smallest absolute Gasteiger partial charge is 0.135 e. The topological polar surface area (TPSA) is 31.0 Å². The minimum absolute atomic E-state index is 0.897. The maximum atomic E-state index is 6.00. The fourth-order valence-corrected chi connectivity index (χ4v) is 5.44. The van der Waals surface area contributed by atoms with Crippen molar-refractivity contribution in [2.75, 3.05) is 0 Å². The molecule has 0 radical (unpaired) electrons. The first-order valence-electron chi connectivity index (χ1n) is 10.0. The Balaban J connectivity index is 1.46. The van der Waals surface area contributed by atoms with Crippen molar-refractivity contribution in [3.05, 3.63) is 90.8 Å². The first-order valence-corrected chi connectivity index (χ1v) is 11.0. The Labute approximate surface area is 177 Å². The lowest BCUT2D eigenvalue weighted by atomic mass is 10.0. The molecule has 4 aromatic carbocycles. The number of furan rings is 1. The van der Waals surface area contributed by atoms with Crippen molar-refractivity contribution < 1.29 is 4.42 Å². The molecule has 2 aromatic heterocycles. The van der Waals surface area contributed by atoms with Gasteiger partial charge in [-0.1, -0.05) is 42.5 Å². The Kier molecular flexibility index (Phi) is 3.26. The number of imidazole rings is 1. The van der Waals surface area contributed by atoms with Crippen LogP contribution in [0.15, 0.2) is 94.2 Å². The first kappa shape index (κ1) is 16.3. The van der Waals surface area contributed by atoms with E-state index in [-0.39, 0.29) is 0 Å². The molecule has 30 heavy (non-hydrogen) atoms. The van der Waals surface area contributed by atoms with E-state index in [0.29, 0.717) is 0 Å². The molecule has 6 aromatic rings. The zero-order chi connectivity index (χ0) is 19.7. The molecular formula is C26H16N2OS. The van der Waals surface area contributed by atoms with E-state index in [1.165, 1.54) is 21.7 Å². The van der Waals surface area contributed by atoms with Gasteiger partial charge in [0, 0.05) is 15.7 Å². The van der Waals surface area contributed by atoms with Gasteiger partial charge in [-0.05, 0) is 53.6 Å². The number of hydrogen-bond acceptors (Lipinski definition) is 3. The summed E-state index contributed by atoms with van der Waals surface area (Å²) in [5, 5.41) is 2.31. The Bertz CT molecular complexity index is 1610. The predicted octanol–water partition coefficient (Wildman–Crippen LogP) is 7.20. The molecular weight excluding hydrogens is 388 g/mol. The fourth-order valence-electron chi connectivity index (χ4n) is 4.48. The van der Waals surface area contributed by atoms with Gasteiger partial charge in [0.25, 0.3) is 0 Å². The van der Waals surface area contributed by atoms with Crippen molar-refractivity contribution in [2.45, 2.75) is 10.6 Å². The van der Waals surface area contributed by atoms with Gasteiger partial charge in [0.05, 0.1) is 22.5 Å². The van der Waals surface area contributed by atoms with E-state index in [1.807, 2.05) is 23.9 Å². The summed E-state index contributed by atoms with van der Waals surface area (Å²) in [6.45, 7) is 0. The molecule has 0 atom stereocenters. The van der Waals surface area contributed by atoms with Gasteiger partial charge in [0.15, 0.2) is 0 Å². The quantitative estimate of drug-likeness (QED) is 0.290. The van der Waals surface area contributed by atoms with Crippen molar-refractivity contribution in [1.29, 1.82) is 0 Å². The van der Waals surface area contributed by atoms with E-state index in [9.17, 15) is 0 Å². The van der Waals surface area contributed by atoms with Crippen LogP contribution in [0.5, 0.6) is 0 Å². The van der Waals surface area contributed by atoms with E-state index in [1.54, 1.807) is 0 Å². The Morgan fingerprint density at radius 2 is 1.57 bits per heavy atom. The molecule has 1 aliphatic heterocycles. The zero-order valence-electron chi connectivity index (χ0n) is 16.0. The van der Waals surface area contributed by atoms with E-state index in [2.05, 4.69) is 77.4 Å². The first-order chi connectivity index (χ1) is 14.8. The Morgan fingerprint density at radius 3 is 2.57 bits per heavy atom. The van der Waals surface area contributed by atoms with Crippen molar-refractivity contribution in [1.82, 2.24) is 9.55 Å². The lowest BCUT2D eigenvalue weighted by molar-refractivity contribution is 0.669. The summed E-state index contributed by atoms with van der Waals surface area (Å²) < 4.78 is 8.31. The van der Waals surface area contributed by atoms with Crippen LogP contribution in [0.3, 0.4) is 0 Å². The monoisotopic (exact) mass is 404 g/mol. The molecule has 0 N–H and O–H groups in total. The fraction of sp³-hybridized carbons (Fsp3) is 0.0385. The molecule has 7 rings (SSSR count). The Hall–Kier alpha value is -3.50. The summed E-state index contributed by atoms with van der Waals surface area (Å²) in [6.07, 6.45) is 0. The van der Waals surface area contributed by atoms with Crippen molar-refractivity contribution in [2.24, 2.45) is 0 Å². The highest BCUT2D eigenvalue weighted by atomic mass is 32.2. The number of para-hydroxylation sites is 2.